The monoisotopic (exact) mass is 444 g/mol. The van der Waals surface area contributed by atoms with Crippen LogP contribution in [-0.4, -0.2) is 53.4 Å². The number of anilines is 1. The minimum Gasteiger partial charge on any atom is -0.497 e. The molecule has 2 atom stereocenters. The Kier molecular flexibility index (Phi) is 7.37. The number of benzene rings is 1. The van der Waals surface area contributed by atoms with Gasteiger partial charge in [-0.05, 0) is 58.7 Å². The number of hydrogen-bond donors (Lipinski definition) is 2. The van der Waals surface area contributed by atoms with Crippen LogP contribution >= 0.6 is 0 Å². The minimum absolute atomic E-state index is 0.0144. The molecule has 1 aromatic heterocycles. The van der Waals surface area contributed by atoms with Gasteiger partial charge in [0.25, 0.3) is 0 Å². The van der Waals surface area contributed by atoms with E-state index in [2.05, 4.69) is 20.6 Å². The average molecular weight is 445 g/mol. The molecule has 174 valence electrons. The van der Waals surface area contributed by atoms with E-state index in [1.807, 2.05) is 26.8 Å². The predicted molar refractivity (Wildman–Crippen MR) is 121 cm³/mol. The number of alkyl carbamates (subject to hydrolysis) is 1. The summed E-state index contributed by atoms with van der Waals surface area (Å²) in [6, 6.07) is 5.16. The van der Waals surface area contributed by atoms with Crippen LogP contribution in [0.3, 0.4) is 0 Å². The lowest BCUT2D eigenvalue weighted by Gasteiger charge is -2.34. The quantitative estimate of drug-likeness (QED) is 0.642. The highest BCUT2D eigenvalue weighted by Crippen LogP contribution is 2.29. The lowest BCUT2D eigenvalue weighted by Crippen LogP contribution is -2.50. The fourth-order valence-electron chi connectivity index (χ4n) is 3.74. The summed E-state index contributed by atoms with van der Waals surface area (Å²) in [5.74, 6) is 0.555. The van der Waals surface area contributed by atoms with E-state index in [0.717, 1.165) is 31.1 Å². The lowest BCUT2D eigenvalue weighted by molar-refractivity contribution is 0.0486. The molecule has 0 bridgehead atoms. The number of methoxy groups -OCH3 is 1. The summed E-state index contributed by atoms with van der Waals surface area (Å²) in [7, 11) is 1.59. The smallest absolute Gasteiger partial charge is 0.407 e. The Labute approximate surface area is 188 Å². The Morgan fingerprint density at radius 1 is 1.12 bits per heavy atom. The van der Waals surface area contributed by atoms with Crippen molar-refractivity contribution in [3.63, 3.8) is 0 Å². The second-order valence-corrected chi connectivity index (χ2v) is 8.79. The van der Waals surface area contributed by atoms with Crippen molar-refractivity contribution in [2.45, 2.75) is 71.1 Å². The highest BCUT2D eigenvalue weighted by molar-refractivity contribution is 5.95. The number of ether oxygens (including phenoxy) is 3. The van der Waals surface area contributed by atoms with Crippen molar-refractivity contribution in [2.24, 2.45) is 0 Å². The first-order valence-electron chi connectivity index (χ1n) is 11.0. The molecule has 9 heteroatoms. The normalized spacial score (nSPS) is 18.7. The molecule has 3 rings (SSSR count). The molecule has 9 nitrogen and oxygen atoms in total. The van der Waals surface area contributed by atoms with Gasteiger partial charge >= 0.3 is 12.1 Å². The molecule has 0 saturated heterocycles. The second kappa shape index (κ2) is 10.0. The Morgan fingerprint density at radius 3 is 2.50 bits per heavy atom. The number of fused-ring (bicyclic) bond motifs is 1. The van der Waals surface area contributed by atoms with Gasteiger partial charge < -0.3 is 24.8 Å². The number of carbonyl (C=O) groups excluding carboxylic acids is 2. The lowest BCUT2D eigenvalue weighted by atomic mass is 9.90. The third-order valence-electron chi connectivity index (χ3n) is 5.15. The Hall–Kier alpha value is -3.10. The number of rotatable bonds is 6. The summed E-state index contributed by atoms with van der Waals surface area (Å²) in [6.45, 7) is 7.47. The van der Waals surface area contributed by atoms with E-state index >= 15 is 0 Å². The van der Waals surface area contributed by atoms with Crippen LogP contribution in [0.2, 0.25) is 0 Å². The number of carbonyl (C=O) groups is 2. The first-order chi connectivity index (χ1) is 15.2. The topological polar surface area (TPSA) is 112 Å². The van der Waals surface area contributed by atoms with Crippen molar-refractivity contribution < 1.29 is 23.8 Å². The predicted octanol–water partition coefficient (Wildman–Crippen LogP) is 4.06. The number of nitrogens with zero attached hydrogens (tertiary/aromatic N) is 2. The average Bonchev–Trinajstić information content (AvgIpc) is 2.73. The van der Waals surface area contributed by atoms with Gasteiger partial charge in [0, 0.05) is 11.4 Å². The molecule has 1 amide bonds. The number of amides is 1. The molecule has 0 radical (unpaired) electrons. The third kappa shape index (κ3) is 5.99. The highest BCUT2D eigenvalue weighted by atomic mass is 16.6. The standard InChI is InChI=1S/C23H32N4O5/c1-6-31-21(28)20-24-16-12-11-14(30-5)13-15(16)19(27-20)25-17-9-7-8-10-18(17)26-22(29)32-23(2,3)4/h11-13,17-18H,6-10H2,1-5H3,(H,26,29)(H,24,25,27). The zero-order valence-electron chi connectivity index (χ0n) is 19.4. The molecular weight excluding hydrogens is 412 g/mol. The van der Waals surface area contributed by atoms with E-state index in [1.54, 1.807) is 26.2 Å². The molecule has 1 aliphatic rings. The third-order valence-corrected chi connectivity index (χ3v) is 5.15. The van der Waals surface area contributed by atoms with Crippen molar-refractivity contribution in [1.29, 1.82) is 0 Å². The first kappa shape index (κ1) is 23.6. The maximum Gasteiger partial charge on any atom is 0.407 e. The SMILES string of the molecule is CCOC(=O)c1nc(NC2CCCCC2NC(=O)OC(C)(C)C)c2cc(OC)ccc2n1. The molecule has 2 aromatic rings. The molecule has 2 N–H and O–H groups in total. The fraction of sp³-hybridized carbons (Fsp3) is 0.565. The van der Waals surface area contributed by atoms with Crippen LogP contribution in [-0.2, 0) is 9.47 Å². The minimum atomic E-state index is -0.583. The van der Waals surface area contributed by atoms with Crippen LogP contribution in [0, 0.1) is 0 Å². The molecule has 1 saturated carbocycles. The van der Waals surface area contributed by atoms with E-state index in [0.29, 0.717) is 17.1 Å². The molecule has 2 unspecified atom stereocenters. The molecule has 1 aromatic carbocycles. The van der Waals surface area contributed by atoms with Crippen molar-refractivity contribution in [3.05, 3.63) is 24.0 Å². The summed E-state index contributed by atoms with van der Waals surface area (Å²) in [4.78, 5) is 33.5. The van der Waals surface area contributed by atoms with Gasteiger partial charge in [0.15, 0.2) is 0 Å². The Balaban J connectivity index is 1.91. The molecule has 1 heterocycles. The summed E-state index contributed by atoms with van der Waals surface area (Å²) in [6.07, 6.45) is 3.22. The van der Waals surface area contributed by atoms with Gasteiger partial charge in [0.2, 0.25) is 5.82 Å². The van der Waals surface area contributed by atoms with E-state index in [-0.39, 0.29) is 24.5 Å². The molecule has 0 spiro atoms. The Bertz CT molecular complexity index is 973. The van der Waals surface area contributed by atoms with E-state index in [1.165, 1.54) is 0 Å². The van der Waals surface area contributed by atoms with Crippen LogP contribution in [0.15, 0.2) is 18.2 Å². The van der Waals surface area contributed by atoms with Crippen molar-refractivity contribution in [2.75, 3.05) is 19.0 Å². The number of aromatic nitrogens is 2. The summed E-state index contributed by atoms with van der Waals surface area (Å²) >= 11 is 0. The zero-order valence-corrected chi connectivity index (χ0v) is 19.4. The van der Waals surface area contributed by atoms with Crippen LogP contribution in [0.4, 0.5) is 10.6 Å². The fourth-order valence-corrected chi connectivity index (χ4v) is 3.74. The van der Waals surface area contributed by atoms with E-state index in [4.69, 9.17) is 14.2 Å². The summed E-state index contributed by atoms with van der Waals surface area (Å²) in [5.41, 5.74) is 0.0223. The first-order valence-corrected chi connectivity index (χ1v) is 11.0. The Morgan fingerprint density at radius 2 is 1.84 bits per heavy atom. The zero-order chi connectivity index (χ0) is 23.3. The van der Waals surface area contributed by atoms with Crippen molar-refractivity contribution >= 4 is 28.8 Å². The molecule has 0 aliphatic heterocycles. The number of nitrogens with one attached hydrogen (secondary N) is 2. The van der Waals surface area contributed by atoms with Gasteiger partial charge in [-0.1, -0.05) is 12.8 Å². The maximum atomic E-state index is 12.4. The van der Waals surface area contributed by atoms with Gasteiger partial charge in [-0.15, -0.1) is 0 Å². The van der Waals surface area contributed by atoms with Gasteiger partial charge in [-0.3, -0.25) is 0 Å². The number of esters is 1. The summed E-state index contributed by atoms with van der Waals surface area (Å²) < 4.78 is 15.9. The highest BCUT2D eigenvalue weighted by Gasteiger charge is 2.29. The molecule has 1 aliphatic carbocycles. The molecule has 1 fully saturated rings. The molecular formula is C23H32N4O5. The van der Waals surface area contributed by atoms with E-state index in [9.17, 15) is 9.59 Å². The van der Waals surface area contributed by atoms with Gasteiger partial charge in [-0.2, -0.15) is 0 Å². The number of hydrogen-bond acceptors (Lipinski definition) is 8. The second-order valence-electron chi connectivity index (χ2n) is 8.79. The van der Waals surface area contributed by atoms with E-state index < -0.39 is 17.7 Å². The summed E-state index contributed by atoms with van der Waals surface area (Å²) in [5, 5.41) is 7.16. The maximum absolute atomic E-state index is 12.4. The van der Waals surface area contributed by atoms with Crippen molar-refractivity contribution in [3.8, 4) is 5.75 Å². The largest absolute Gasteiger partial charge is 0.497 e. The van der Waals surface area contributed by atoms with Crippen LogP contribution in [0.25, 0.3) is 10.9 Å². The van der Waals surface area contributed by atoms with Crippen LogP contribution < -0.4 is 15.4 Å². The van der Waals surface area contributed by atoms with Crippen LogP contribution in [0.1, 0.15) is 64.0 Å². The van der Waals surface area contributed by atoms with Gasteiger partial charge in [0.1, 0.15) is 17.2 Å². The molecule has 32 heavy (non-hydrogen) atoms. The van der Waals surface area contributed by atoms with Gasteiger partial charge in [-0.25, -0.2) is 19.6 Å². The van der Waals surface area contributed by atoms with Crippen LogP contribution in [0.5, 0.6) is 5.75 Å². The van der Waals surface area contributed by atoms with Crippen molar-refractivity contribution in [1.82, 2.24) is 15.3 Å². The van der Waals surface area contributed by atoms with Gasteiger partial charge in [0.05, 0.1) is 25.3 Å².